The van der Waals surface area contributed by atoms with Gasteiger partial charge in [-0.1, -0.05) is 43.3 Å². The van der Waals surface area contributed by atoms with Crippen molar-refractivity contribution in [2.75, 3.05) is 0 Å². The summed E-state index contributed by atoms with van der Waals surface area (Å²) in [6, 6.07) is 14.1. The summed E-state index contributed by atoms with van der Waals surface area (Å²) in [5, 5.41) is 11.9. The first-order valence-electron chi connectivity index (χ1n) is 7.36. The maximum atomic E-state index is 13.3. The zero-order valence-electron chi connectivity index (χ0n) is 12.6. The van der Waals surface area contributed by atoms with Crippen molar-refractivity contribution >= 4 is 5.91 Å². The first-order chi connectivity index (χ1) is 10.7. The third kappa shape index (κ3) is 3.92. The molecule has 0 fully saturated rings. The van der Waals surface area contributed by atoms with Crippen LogP contribution >= 0.6 is 0 Å². The summed E-state index contributed by atoms with van der Waals surface area (Å²) in [7, 11) is 0. The van der Waals surface area contributed by atoms with Gasteiger partial charge in [-0.15, -0.1) is 0 Å². The lowest BCUT2D eigenvalue weighted by atomic mass is 9.95. The van der Waals surface area contributed by atoms with Crippen molar-refractivity contribution in [3.8, 4) is 0 Å². The van der Waals surface area contributed by atoms with E-state index in [2.05, 4.69) is 5.32 Å². The highest BCUT2D eigenvalue weighted by molar-refractivity contribution is 5.83. The molecule has 0 saturated heterocycles. The van der Waals surface area contributed by atoms with Crippen LogP contribution in [-0.2, 0) is 17.9 Å². The van der Waals surface area contributed by atoms with Crippen LogP contribution in [-0.4, -0.2) is 11.0 Å². The number of halogens is 1. The number of carbonyl (C=O) groups excluding carboxylic acids is 1. The molecule has 1 amide bonds. The first kappa shape index (κ1) is 16.2. The smallest absolute Gasteiger partial charge is 0.227 e. The molecular weight excluding hydrogens is 281 g/mol. The summed E-state index contributed by atoms with van der Waals surface area (Å²) >= 11 is 0. The molecule has 2 rings (SSSR count). The molecule has 1 atom stereocenters. The number of aliphatic hydroxyl groups is 1. The Labute approximate surface area is 129 Å². The molecular formula is C18H20FNO2. The average Bonchev–Trinajstić information content (AvgIpc) is 2.55. The average molecular weight is 301 g/mol. The van der Waals surface area contributed by atoms with Crippen molar-refractivity contribution in [1.82, 2.24) is 5.32 Å². The Morgan fingerprint density at radius 1 is 1.23 bits per heavy atom. The Kier molecular flexibility index (Phi) is 5.67. The van der Waals surface area contributed by atoms with E-state index in [1.165, 1.54) is 6.07 Å². The van der Waals surface area contributed by atoms with Crippen LogP contribution in [0.4, 0.5) is 4.39 Å². The minimum atomic E-state index is -0.437. The van der Waals surface area contributed by atoms with Crippen molar-refractivity contribution in [1.29, 1.82) is 0 Å². The van der Waals surface area contributed by atoms with Gasteiger partial charge in [0.1, 0.15) is 5.82 Å². The van der Waals surface area contributed by atoms with E-state index in [0.29, 0.717) is 13.0 Å². The lowest BCUT2D eigenvalue weighted by Crippen LogP contribution is -2.28. The van der Waals surface area contributed by atoms with Crippen LogP contribution in [0.25, 0.3) is 0 Å². The Hall–Kier alpha value is -2.20. The molecule has 22 heavy (non-hydrogen) atoms. The van der Waals surface area contributed by atoms with Crippen LogP contribution < -0.4 is 5.32 Å². The van der Waals surface area contributed by atoms with Crippen LogP contribution in [0.3, 0.4) is 0 Å². The second-order valence-electron chi connectivity index (χ2n) is 5.17. The van der Waals surface area contributed by atoms with Crippen molar-refractivity contribution in [2.24, 2.45) is 0 Å². The molecule has 2 aromatic rings. The van der Waals surface area contributed by atoms with E-state index in [1.54, 1.807) is 12.1 Å². The second-order valence-corrected chi connectivity index (χ2v) is 5.17. The Balaban J connectivity index is 2.02. The van der Waals surface area contributed by atoms with Crippen molar-refractivity contribution in [2.45, 2.75) is 32.4 Å². The quantitative estimate of drug-likeness (QED) is 0.861. The third-order valence-corrected chi connectivity index (χ3v) is 3.67. The van der Waals surface area contributed by atoms with E-state index in [1.807, 2.05) is 37.3 Å². The van der Waals surface area contributed by atoms with E-state index < -0.39 is 5.82 Å². The highest BCUT2D eigenvalue weighted by atomic mass is 19.1. The lowest BCUT2D eigenvalue weighted by Gasteiger charge is -2.15. The number of rotatable bonds is 6. The molecule has 116 valence electrons. The number of aliphatic hydroxyl groups excluding tert-OH is 1. The van der Waals surface area contributed by atoms with E-state index in [9.17, 15) is 9.18 Å². The van der Waals surface area contributed by atoms with Gasteiger partial charge in [0.15, 0.2) is 0 Å². The van der Waals surface area contributed by atoms with Gasteiger partial charge in [-0.3, -0.25) is 4.79 Å². The minimum Gasteiger partial charge on any atom is -0.392 e. The number of hydrogen-bond acceptors (Lipinski definition) is 2. The monoisotopic (exact) mass is 301 g/mol. The summed E-state index contributed by atoms with van der Waals surface area (Å²) in [6.45, 7) is 1.93. The predicted octanol–water partition coefficient (Wildman–Crippen LogP) is 3.13. The van der Waals surface area contributed by atoms with Crippen molar-refractivity contribution < 1.29 is 14.3 Å². The van der Waals surface area contributed by atoms with Crippen molar-refractivity contribution in [3.63, 3.8) is 0 Å². The zero-order chi connectivity index (χ0) is 15.9. The maximum Gasteiger partial charge on any atom is 0.227 e. The van der Waals surface area contributed by atoms with Crippen LogP contribution in [0.1, 0.15) is 36.0 Å². The molecule has 2 N–H and O–H groups in total. The molecule has 0 aliphatic heterocycles. The molecule has 0 saturated carbocycles. The molecule has 0 heterocycles. The van der Waals surface area contributed by atoms with E-state index in [0.717, 1.165) is 11.1 Å². The summed E-state index contributed by atoms with van der Waals surface area (Å²) in [4.78, 5) is 12.3. The largest absolute Gasteiger partial charge is 0.392 e. The molecule has 0 bridgehead atoms. The molecule has 3 nitrogen and oxygen atoms in total. The van der Waals surface area contributed by atoms with Gasteiger partial charge in [-0.05, 0) is 29.7 Å². The molecule has 0 aliphatic rings. The summed E-state index contributed by atoms with van der Waals surface area (Å²) in [6.07, 6.45) is 0.709. The zero-order valence-corrected chi connectivity index (χ0v) is 12.6. The van der Waals surface area contributed by atoms with Gasteiger partial charge in [-0.25, -0.2) is 4.39 Å². The second kappa shape index (κ2) is 7.71. The van der Waals surface area contributed by atoms with Gasteiger partial charge < -0.3 is 10.4 Å². The SMILES string of the molecule is CCC(C(=O)NCc1ccc(F)c(CO)c1)c1ccccc1. The van der Waals surface area contributed by atoms with Gasteiger partial charge in [-0.2, -0.15) is 0 Å². The third-order valence-electron chi connectivity index (χ3n) is 3.67. The van der Waals surface area contributed by atoms with Gasteiger partial charge in [0.05, 0.1) is 12.5 Å². The first-order valence-corrected chi connectivity index (χ1v) is 7.36. The standard InChI is InChI=1S/C18H20FNO2/c1-2-16(14-6-4-3-5-7-14)18(22)20-11-13-8-9-17(19)15(10-13)12-21/h3-10,16,21H,2,11-12H2,1H3,(H,20,22). The summed E-state index contributed by atoms with van der Waals surface area (Å²) in [5.74, 6) is -0.684. The topological polar surface area (TPSA) is 49.3 Å². The lowest BCUT2D eigenvalue weighted by molar-refractivity contribution is -0.122. The minimum absolute atomic E-state index is 0.0522. The predicted molar refractivity (Wildman–Crippen MR) is 83.6 cm³/mol. The molecule has 0 aliphatic carbocycles. The molecule has 0 aromatic heterocycles. The number of benzene rings is 2. The highest BCUT2D eigenvalue weighted by Crippen LogP contribution is 2.19. The number of hydrogen-bond donors (Lipinski definition) is 2. The Morgan fingerprint density at radius 3 is 2.59 bits per heavy atom. The summed E-state index contributed by atoms with van der Waals surface area (Å²) in [5.41, 5.74) is 1.99. The number of amides is 1. The van der Waals surface area contributed by atoms with E-state index in [4.69, 9.17) is 5.11 Å². The van der Waals surface area contributed by atoms with Gasteiger partial charge in [0.25, 0.3) is 0 Å². The van der Waals surface area contributed by atoms with Crippen LogP contribution in [0.2, 0.25) is 0 Å². The van der Waals surface area contributed by atoms with Gasteiger partial charge in [0.2, 0.25) is 5.91 Å². The van der Waals surface area contributed by atoms with Crippen LogP contribution in [0.15, 0.2) is 48.5 Å². The van der Waals surface area contributed by atoms with E-state index in [-0.39, 0.29) is 24.0 Å². The Morgan fingerprint density at radius 2 is 1.95 bits per heavy atom. The number of carbonyl (C=O) groups is 1. The van der Waals surface area contributed by atoms with Crippen molar-refractivity contribution in [3.05, 3.63) is 71.0 Å². The fraction of sp³-hybridized carbons (Fsp3) is 0.278. The van der Waals surface area contributed by atoms with Gasteiger partial charge in [0, 0.05) is 12.1 Å². The molecule has 1 unspecified atom stereocenters. The fourth-order valence-corrected chi connectivity index (χ4v) is 2.43. The molecule has 2 aromatic carbocycles. The molecule has 0 radical (unpaired) electrons. The maximum absolute atomic E-state index is 13.3. The number of nitrogens with one attached hydrogen (secondary N) is 1. The van der Waals surface area contributed by atoms with Gasteiger partial charge >= 0.3 is 0 Å². The molecule has 4 heteroatoms. The van der Waals surface area contributed by atoms with Crippen LogP contribution in [0.5, 0.6) is 0 Å². The van der Waals surface area contributed by atoms with E-state index >= 15 is 0 Å². The fourth-order valence-electron chi connectivity index (χ4n) is 2.43. The highest BCUT2D eigenvalue weighted by Gasteiger charge is 2.18. The molecule has 0 spiro atoms. The normalized spacial score (nSPS) is 12.0. The Bertz CT molecular complexity index is 628. The van der Waals surface area contributed by atoms with Crippen LogP contribution in [0, 0.1) is 5.82 Å². The summed E-state index contributed by atoms with van der Waals surface area (Å²) < 4.78 is 13.3.